The van der Waals surface area contributed by atoms with E-state index in [4.69, 9.17) is 10.6 Å². The Kier molecular flexibility index (Phi) is 3.86. The van der Waals surface area contributed by atoms with Crippen molar-refractivity contribution in [3.63, 3.8) is 0 Å². The molecule has 0 radical (unpaired) electrons. The minimum absolute atomic E-state index is 0.451. The van der Waals surface area contributed by atoms with Gasteiger partial charge in [0.2, 0.25) is 0 Å². The van der Waals surface area contributed by atoms with Crippen molar-refractivity contribution in [2.45, 2.75) is 18.9 Å². The van der Waals surface area contributed by atoms with Gasteiger partial charge in [-0.05, 0) is 36.1 Å². The molecule has 3 N–H and O–H groups in total. The number of rotatable bonds is 3. The highest BCUT2D eigenvalue weighted by Crippen LogP contribution is 2.35. The Morgan fingerprint density at radius 2 is 2.00 bits per heavy atom. The molecule has 0 aliphatic carbocycles. The zero-order valence-electron chi connectivity index (χ0n) is 11.4. The van der Waals surface area contributed by atoms with Crippen LogP contribution in [0.5, 0.6) is 5.75 Å². The number of halogens is 2. The summed E-state index contributed by atoms with van der Waals surface area (Å²) in [7, 11) is 0. The largest absolute Gasteiger partial charge is 0.493 e. The van der Waals surface area contributed by atoms with Crippen molar-refractivity contribution in [3.05, 3.63) is 64.7 Å². The maximum atomic E-state index is 13.5. The molecule has 3 rings (SSSR count). The Morgan fingerprint density at radius 3 is 2.76 bits per heavy atom. The Hall–Kier alpha value is -1.98. The second-order valence-corrected chi connectivity index (χ2v) is 5.06. The minimum Gasteiger partial charge on any atom is -0.493 e. The maximum Gasteiger partial charge on any atom is 0.159 e. The fourth-order valence-electron chi connectivity index (χ4n) is 2.70. The maximum absolute atomic E-state index is 13.5. The molecule has 0 saturated carbocycles. The van der Waals surface area contributed by atoms with Crippen molar-refractivity contribution < 1.29 is 13.5 Å². The van der Waals surface area contributed by atoms with Crippen LogP contribution >= 0.6 is 0 Å². The van der Waals surface area contributed by atoms with E-state index >= 15 is 0 Å². The average Bonchev–Trinajstić information content (AvgIpc) is 2.52. The lowest BCUT2D eigenvalue weighted by Crippen LogP contribution is -2.30. The van der Waals surface area contributed by atoms with E-state index in [1.807, 2.05) is 18.2 Å². The summed E-state index contributed by atoms with van der Waals surface area (Å²) < 4.78 is 32.3. The van der Waals surface area contributed by atoms with Crippen molar-refractivity contribution in [2.75, 3.05) is 6.61 Å². The SMILES string of the molecule is NNC(c1ccc(F)c(F)c1)c1cccc2c1OCCC2. The number of nitrogens with two attached hydrogens (primary N) is 1. The lowest BCUT2D eigenvalue weighted by Gasteiger charge is -2.25. The van der Waals surface area contributed by atoms with Crippen molar-refractivity contribution in [1.29, 1.82) is 0 Å². The summed E-state index contributed by atoms with van der Waals surface area (Å²) in [6.07, 6.45) is 1.92. The molecule has 0 amide bonds. The second kappa shape index (κ2) is 5.79. The molecule has 21 heavy (non-hydrogen) atoms. The number of aryl methyl sites for hydroxylation is 1. The molecule has 0 saturated heterocycles. The molecule has 2 aromatic carbocycles. The van der Waals surface area contributed by atoms with Gasteiger partial charge in [0, 0.05) is 5.56 Å². The third-order valence-electron chi connectivity index (χ3n) is 3.72. The van der Waals surface area contributed by atoms with E-state index in [0.717, 1.165) is 41.9 Å². The van der Waals surface area contributed by atoms with Gasteiger partial charge in [0.25, 0.3) is 0 Å². The molecule has 0 aromatic heterocycles. The molecule has 2 aromatic rings. The number of hydrogen-bond acceptors (Lipinski definition) is 3. The first-order chi connectivity index (χ1) is 10.2. The molecule has 3 nitrogen and oxygen atoms in total. The number of nitrogens with one attached hydrogen (secondary N) is 1. The molecule has 1 heterocycles. The van der Waals surface area contributed by atoms with Gasteiger partial charge in [-0.1, -0.05) is 24.3 Å². The Balaban J connectivity index is 2.06. The molecule has 0 bridgehead atoms. The highest BCUT2D eigenvalue weighted by atomic mass is 19.2. The molecular weight excluding hydrogens is 274 g/mol. The van der Waals surface area contributed by atoms with Crippen LogP contribution in [-0.4, -0.2) is 6.61 Å². The lowest BCUT2D eigenvalue weighted by molar-refractivity contribution is 0.283. The van der Waals surface area contributed by atoms with E-state index in [9.17, 15) is 8.78 Å². The topological polar surface area (TPSA) is 47.3 Å². The standard InChI is InChI=1S/C16H16F2N2O/c17-13-7-6-11(9-14(13)18)15(20-19)12-5-1-3-10-4-2-8-21-16(10)12/h1,3,5-7,9,15,20H,2,4,8,19H2. The molecular formula is C16H16F2N2O. The van der Waals surface area contributed by atoms with Crippen LogP contribution in [0.15, 0.2) is 36.4 Å². The number of hydrazine groups is 1. The number of ether oxygens (including phenoxy) is 1. The van der Waals surface area contributed by atoms with Crippen LogP contribution in [0.25, 0.3) is 0 Å². The Bertz CT molecular complexity index is 661. The predicted molar refractivity (Wildman–Crippen MR) is 75.8 cm³/mol. The highest BCUT2D eigenvalue weighted by molar-refractivity contribution is 5.47. The fourth-order valence-corrected chi connectivity index (χ4v) is 2.70. The average molecular weight is 290 g/mol. The van der Waals surface area contributed by atoms with Crippen molar-refractivity contribution in [2.24, 2.45) is 5.84 Å². The zero-order valence-corrected chi connectivity index (χ0v) is 11.4. The summed E-state index contributed by atoms with van der Waals surface area (Å²) in [5, 5.41) is 0. The Labute approximate surface area is 121 Å². The summed E-state index contributed by atoms with van der Waals surface area (Å²) in [4.78, 5) is 0. The van der Waals surface area contributed by atoms with Crippen molar-refractivity contribution >= 4 is 0 Å². The number of para-hydroxylation sites is 1. The summed E-state index contributed by atoms with van der Waals surface area (Å²) >= 11 is 0. The first-order valence-electron chi connectivity index (χ1n) is 6.86. The molecule has 1 aliphatic heterocycles. The molecule has 0 spiro atoms. The van der Waals surface area contributed by atoms with Gasteiger partial charge in [-0.25, -0.2) is 14.2 Å². The van der Waals surface area contributed by atoms with Gasteiger partial charge in [0.15, 0.2) is 11.6 Å². The monoisotopic (exact) mass is 290 g/mol. The highest BCUT2D eigenvalue weighted by Gasteiger charge is 2.22. The third kappa shape index (κ3) is 2.62. The number of fused-ring (bicyclic) bond motifs is 1. The third-order valence-corrected chi connectivity index (χ3v) is 3.72. The number of benzene rings is 2. The predicted octanol–water partition coefficient (Wildman–Crippen LogP) is 2.84. The molecule has 1 atom stereocenters. The van der Waals surface area contributed by atoms with Crippen LogP contribution in [0.1, 0.15) is 29.2 Å². The van der Waals surface area contributed by atoms with Gasteiger partial charge in [-0.15, -0.1) is 0 Å². The molecule has 110 valence electrons. The van der Waals surface area contributed by atoms with E-state index in [1.165, 1.54) is 6.07 Å². The zero-order chi connectivity index (χ0) is 14.8. The van der Waals surface area contributed by atoms with Crippen LogP contribution < -0.4 is 16.0 Å². The van der Waals surface area contributed by atoms with Crippen LogP contribution in [0.3, 0.4) is 0 Å². The van der Waals surface area contributed by atoms with Gasteiger partial charge in [0.05, 0.1) is 12.6 Å². The smallest absolute Gasteiger partial charge is 0.159 e. The number of hydrogen-bond donors (Lipinski definition) is 2. The van der Waals surface area contributed by atoms with E-state index in [-0.39, 0.29) is 0 Å². The minimum atomic E-state index is -0.890. The van der Waals surface area contributed by atoms with Crippen molar-refractivity contribution in [3.8, 4) is 5.75 Å². The van der Waals surface area contributed by atoms with Gasteiger partial charge in [-0.2, -0.15) is 0 Å². The van der Waals surface area contributed by atoms with Crippen LogP contribution in [-0.2, 0) is 6.42 Å². The quantitative estimate of drug-likeness (QED) is 0.675. The van der Waals surface area contributed by atoms with Crippen molar-refractivity contribution in [1.82, 2.24) is 5.43 Å². The van der Waals surface area contributed by atoms with E-state index in [2.05, 4.69) is 5.43 Å². The lowest BCUT2D eigenvalue weighted by atomic mass is 9.94. The molecule has 1 unspecified atom stereocenters. The summed E-state index contributed by atoms with van der Waals surface area (Å²) in [5.74, 6) is 4.66. The van der Waals surface area contributed by atoms with E-state index < -0.39 is 17.7 Å². The van der Waals surface area contributed by atoms with Gasteiger partial charge in [0.1, 0.15) is 5.75 Å². The summed E-state index contributed by atoms with van der Waals surface area (Å²) in [6.45, 7) is 0.652. The van der Waals surface area contributed by atoms with Crippen LogP contribution in [0.2, 0.25) is 0 Å². The molecule has 5 heteroatoms. The first kappa shape index (κ1) is 14.0. The van der Waals surface area contributed by atoms with E-state index in [0.29, 0.717) is 12.2 Å². The van der Waals surface area contributed by atoms with Crippen LogP contribution in [0, 0.1) is 11.6 Å². The second-order valence-electron chi connectivity index (χ2n) is 5.06. The Morgan fingerprint density at radius 1 is 1.14 bits per heavy atom. The summed E-state index contributed by atoms with van der Waals surface area (Å²) in [6, 6.07) is 9.14. The van der Waals surface area contributed by atoms with Gasteiger partial charge in [-0.3, -0.25) is 5.84 Å². The van der Waals surface area contributed by atoms with Gasteiger partial charge >= 0.3 is 0 Å². The normalized spacial score (nSPS) is 15.2. The van der Waals surface area contributed by atoms with E-state index in [1.54, 1.807) is 0 Å². The molecule has 0 fully saturated rings. The van der Waals surface area contributed by atoms with Crippen LogP contribution in [0.4, 0.5) is 8.78 Å². The van der Waals surface area contributed by atoms with Gasteiger partial charge < -0.3 is 4.74 Å². The fraction of sp³-hybridized carbons (Fsp3) is 0.250. The summed E-state index contributed by atoms with van der Waals surface area (Å²) in [5.41, 5.74) is 5.16. The molecule has 1 aliphatic rings. The first-order valence-corrected chi connectivity index (χ1v) is 6.86.